The third kappa shape index (κ3) is 7.00. The molecule has 0 saturated carbocycles. The molecule has 9 rings (SSSR count). The van der Waals surface area contributed by atoms with Gasteiger partial charge in [-0.25, -0.2) is 0 Å². The van der Waals surface area contributed by atoms with Gasteiger partial charge in [-0.1, -0.05) is 200 Å². The van der Waals surface area contributed by atoms with Crippen LogP contribution in [-0.2, 0) is 0 Å². The van der Waals surface area contributed by atoms with Crippen molar-refractivity contribution >= 4 is 17.1 Å². The minimum absolute atomic E-state index is 1.09. The smallest absolute Gasteiger partial charge is 0.0540 e. The Morgan fingerprint density at radius 2 is 0.564 bits per heavy atom. The van der Waals surface area contributed by atoms with E-state index in [1.54, 1.807) is 0 Å². The van der Waals surface area contributed by atoms with E-state index in [4.69, 9.17) is 0 Å². The monoisotopic (exact) mass is 701 g/mol. The fourth-order valence-electron chi connectivity index (χ4n) is 7.61. The molecule has 260 valence electrons. The van der Waals surface area contributed by atoms with Gasteiger partial charge in [-0.15, -0.1) is 0 Å². The van der Waals surface area contributed by atoms with Crippen LogP contribution in [-0.4, -0.2) is 0 Å². The van der Waals surface area contributed by atoms with Crippen LogP contribution in [0.15, 0.2) is 237 Å². The Hall–Kier alpha value is -7.22. The zero-order valence-electron chi connectivity index (χ0n) is 30.5. The van der Waals surface area contributed by atoms with Crippen molar-refractivity contribution in [2.24, 2.45) is 0 Å². The molecule has 55 heavy (non-hydrogen) atoms. The molecular weight excluding hydrogens is 663 g/mol. The average Bonchev–Trinajstić information content (AvgIpc) is 3.28. The fourth-order valence-corrected chi connectivity index (χ4v) is 7.61. The molecule has 0 N–H and O–H groups in total. The molecule has 0 aromatic heterocycles. The standard InChI is InChI=1S/C54H39N/c1-6-17-40(18-7-1)42-29-34-48(35-30-42)55(49-36-31-43(32-37-49)41-19-8-2-9-20-41)53-38-33-47(39-52(53)45-23-12-4-13-24-45)51-28-16-27-50(44-21-10-3-11-22-44)54(51)46-25-14-5-15-26-46/h1-39H. The lowest BCUT2D eigenvalue weighted by Crippen LogP contribution is -2.11. The molecule has 9 aromatic rings. The van der Waals surface area contributed by atoms with Crippen molar-refractivity contribution in [1.29, 1.82) is 0 Å². The molecular formula is C54H39N. The number of anilines is 3. The van der Waals surface area contributed by atoms with Crippen LogP contribution in [0.4, 0.5) is 17.1 Å². The Balaban J connectivity index is 1.24. The molecule has 0 fully saturated rings. The molecule has 0 aliphatic carbocycles. The Labute approximate surface area is 324 Å². The zero-order chi connectivity index (χ0) is 36.8. The Morgan fingerprint density at radius 1 is 0.218 bits per heavy atom. The van der Waals surface area contributed by atoms with Crippen molar-refractivity contribution in [3.05, 3.63) is 237 Å². The van der Waals surface area contributed by atoms with Crippen molar-refractivity contribution in [3.63, 3.8) is 0 Å². The molecule has 0 atom stereocenters. The van der Waals surface area contributed by atoms with Crippen molar-refractivity contribution in [3.8, 4) is 66.8 Å². The minimum Gasteiger partial charge on any atom is -0.310 e. The molecule has 1 nitrogen and oxygen atoms in total. The lowest BCUT2D eigenvalue weighted by Gasteiger charge is -2.29. The molecule has 1 heteroatoms. The van der Waals surface area contributed by atoms with Crippen LogP contribution in [0.3, 0.4) is 0 Å². The minimum atomic E-state index is 1.09. The molecule has 9 aromatic carbocycles. The summed E-state index contributed by atoms with van der Waals surface area (Å²) in [4.78, 5) is 2.40. The maximum absolute atomic E-state index is 2.40. The predicted octanol–water partition coefficient (Wildman–Crippen LogP) is 15.2. The van der Waals surface area contributed by atoms with E-state index in [1.807, 2.05) is 0 Å². The van der Waals surface area contributed by atoms with Crippen LogP contribution >= 0.6 is 0 Å². The first kappa shape index (κ1) is 33.6. The third-order valence-electron chi connectivity index (χ3n) is 10.3. The number of hydrogen-bond acceptors (Lipinski definition) is 1. The van der Waals surface area contributed by atoms with Crippen molar-refractivity contribution in [2.75, 3.05) is 4.90 Å². The molecule has 0 bridgehead atoms. The summed E-state index contributed by atoms with van der Waals surface area (Å²) in [5, 5.41) is 0. The highest BCUT2D eigenvalue weighted by molar-refractivity contribution is 5.97. The first-order valence-electron chi connectivity index (χ1n) is 18.8. The van der Waals surface area contributed by atoms with Crippen LogP contribution in [0.25, 0.3) is 66.8 Å². The van der Waals surface area contributed by atoms with Gasteiger partial charge in [-0.2, -0.15) is 0 Å². The van der Waals surface area contributed by atoms with E-state index in [1.165, 1.54) is 50.1 Å². The maximum atomic E-state index is 2.40. The largest absolute Gasteiger partial charge is 0.310 e. The van der Waals surface area contributed by atoms with Crippen LogP contribution in [0.5, 0.6) is 0 Å². The second-order valence-electron chi connectivity index (χ2n) is 13.7. The lowest BCUT2D eigenvalue weighted by molar-refractivity contribution is 1.28. The quantitative estimate of drug-likeness (QED) is 0.145. The zero-order valence-corrected chi connectivity index (χ0v) is 30.5. The second-order valence-corrected chi connectivity index (χ2v) is 13.7. The maximum Gasteiger partial charge on any atom is 0.0540 e. The highest BCUT2D eigenvalue weighted by Gasteiger charge is 2.21. The van der Waals surface area contributed by atoms with E-state index in [0.29, 0.717) is 0 Å². The van der Waals surface area contributed by atoms with Gasteiger partial charge in [0.15, 0.2) is 0 Å². The molecule has 0 saturated heterocycles. The van der Waals surface area contributed by atoms with Gasteiger partial charge in [0.25, 0.3) is 0 Å². The molecule has 0 aliphatic rings. The van der Waals surface area contributed by atoms with Crippen LogP contribution in [0.2, 0.25) is 0 Å². The van der Waals surface area contributed by atoms with Gasteiger partial charge < -0.3 is 4.90 Å². The number of rotatable bonds is 9. The first-order valence-corrected chi connectivity index (χ1v) is 18.8. The van der Waals surface area contributed by atoms with Gasteiger partial charge in [0, 0.05) is 16.9 Å². The summed E-state index contributed by atoms with van der Waals surface area (Å²) in [6.45, 7) is 0. The Kier molecular flexibility index (Phi) is 9.41. The summed E-state index contributed by atoms with van der Waals surface area (Å²) in [6, 6.07) is 85.0. The number of hydrogen-bond donors (Lipinski definition) is 0. The summed E-state index contributed by atoms with van der Waals surface area (Å²) in [6.07, 6.45) is 0. The van der Waals surface area contributed by atoms with Crippen LogP contribution < -0.4 is 4.90 Å². The molecule has 0 amide bonds. The fraction of sp³-hybridized carbons (Fsp3) is 0. The Bertz CT molecular complexity index is 2550. The van der Waals surface area contributed by atoms with Crippen LogP contribution in [0.1, 0.15) is 0 Å². The molecule has 0 spiro atoms. The van der Waals surface area contributed by atoms with E-state index < -0.39 is 0 Å². The molecule has 0 aliphatic heterocycles. The van der Waals surface area contributed by atoms with E-state index in [2.05, 4.69) is 241 Å². The SMILES string of the molecule is c1ccc(-c2ccc(N(c3ccc(-c4ccccc4)cc3)c3ccc(-c4cccc(-c5ccccc5)c4-c4ccccc4)cc3-c3ccccc3)cc2)cc1. The average molecular weight is 702 g/mol. The summed E-state index contributed by atoms with van der Waals surface area (Å²) < 4.78 is 0. The first-order chi connectivity index (χ1) is 27.3. The summed E-state index contributed by atoms with van der Waals surface area (Å²) in [7, 11) is 0. The molecule has 0 radical (unpaired) electrons. The molecule has 0 unspecified atom stereocenters. The summed E-state index contributed by atoms with van der Waals surface area (Å²) >= 11 is 0. The van der Waals surface area contributed by atoms with Crippen molar-refractivity contribution in [2.45, 2.75) is 0 Å². The lowest BCUT2D eigenvalue weighted by atomic mass is 9.86. The number of nitrogens with zero attached hydrogens (tertiary/aromatic N) is 1. The van der Waals surface area contributed by atoms with Gasteiger partial charge >= 0.3 is 0 Å². The highest BCUT2D eigenvalue weighted by Crippen LogP contribution is 2.46. The van der Waals surface area contributed by atoms with Gasteiger partial charge in [-0.3, -0.25) is 0 Å². The van der Waals surface area contributed by atoms with Crippen LogP contribution in [0, 0.1) is 0 Å². The van der Waals surface area contributed by atoms with Gasteiger partial charge in [0.1, 0.15) is 0 Å². The number of benzene rings is 9. The van der Waals surface area contributed by atoms with Gasteiger partial charge in [0.2, 0.25) is 0 Å². The van der Waals surface area contributed by atoms with Crippen molar-refractivity contribution < 1.29 is 0 Å². The predicted molar refractivity (Wildman–Crippen MR) is 234 cm³/mol. The topological polar surface area (TPSA) is 3.24 Å². The van der Waals surface area contributed by atoms with E-state index in [-0.39, 0.29) is 0 Å². The van der Waals surface area contributed by atoms with E-state index >= 15 is 0 Å². The normalized spacial score (nSPS) is 10.9. The Morgan fingerprint density at radius 3 is 1.02 bits per heavy atom. The summed E-state index contributed by atoms with van der Waals surface area (Å²) in [5.74, 6) is 0. The van der Waals surface area contributed by atoms with Gasteiger partial charge in [0.05, 0.1) is 5.69 Å². The van der Waals surface area contributed by atoms with E-state index in [0.717, 1.165) is 33.8 Å². The molecule has 0 heterocycles. The summed E-state index contributed by atoms with van der Waals surface area (Å²) in [5.41, 5.74) is 17.6. The third-order valence-corrected chi connectivity index (χ3v) is 10.3. The second kappa shape index (κ2) is 15.4. The van der Waals surface area contributed by atoms with E-state index in [9.17, 15) is 0 Å². The van der Waals surface area contributed by atoms with Gasteiger partial charge in [-0.05, 0) is 97.6 Å². The van der Waals surface area contributed by atoms with Crippen molar-refractivity contribution in [1.82, 2.24) is 0 Å². The highest BCUT2D eigenvalue weighted by atomic mass is 15.1.